The number of likely N-dealkylation sites (tertiary alicyclic amines) is 1. The fourth-order valence-electron chi connectivity index (χ4n) is 2.52. The highest BCUT2D eigenvalue weighted by Crippen LogP contribution is 2.21. The maximum Gasteiger partial charge on any atom is 0.108 e. The molecule has 0 amide bonds. The smallest absolute Gasteiger partial charge is 0.108 e. The van der Waals surface area contributed by atoms with E-state index < -0.39 is 0 Å². The van der Waals surface area contributed by atoms with Crippen LogP contribution in [0.2, 0.25) is 0 Å². The zero-order valence-corrected chi connectivity index (χ0v) is 10.7. The third-order valence-corrected chi connectivity index (χ3v) is 3.77. The first-order valence-electron chi connectivity index (χ1n) is 6.37. The summed E-state index contributed by atoms with van der Waals surface area (Å²) in [6, 6.07) is 0.703. The molecule has 16 heavy (non-hydrogen) atoms. The van der Waals surface area contributed by atoms with Crippen LogP contribution in [-0.4, -0.2) is 33.6 Å². The predicted molar refractivity (Wildman–Crippen MR) is 66.3 cm³/mol. The van der Waals surface area contributed by atoms with E-state index in [2.05, 4.69) is 35.3 Å². The van der Waals surface area contributed by atoms with Crippen molar-refractivity contribution in [1.29, 1.82) is 0 Å². The molecule has 90 valence electrons. The molecule has 0 aliphatic carbocycles. The minimum atomic E-state index is 0.703. The largest absolute Gasteiger partial charge is 0.338 e. The molecule has 0 atom stereocenters. The van der Waals surface area contributed by atoms with Crippen molar-refractivity contribution < 1.29 is 0 Å². The maximum atomic E-state index is 4.41. The van der Waals surface area contributed by atoms with Gasteiger partial charge in [-0.25, -0.2) is 4.98 Å². The standard InChI is InChI=1S/C13H23N3/c1-11(2)16-7-4-12(5-8-16)10-13-14-6-9-15(13)3/h6,9,11-12H,4-5,7-8,10H2,1-3H3. The van der Waals surface area contributed by atoms with E-state index in [4.69, 9.17) is 0 Å². The number of aromatic nitrogens is 2. The van der Waals surface area contributed by atoms with Gasteiger partial charge in [-0.2, -0.15) is 0 Å². The van der Waals surface area contributed by atoms with Gasteiger partial charge in [0.25, 0.3) is 0 Å². The van der Waals surface area contributed by atoms with Crippen LogP contribution in [0.4, 0.5) is 0 Å². The maximum absolute atomic E-state index is 4.41. The highest BCUT2D eigenvalue weighted by atomic mass is 15.1. The molecule has 0 bridgehead atoms. The Morgan fingerprint density at radius 1 is 1.38 bits per heavy atom. The van der Waals surface area contributed by atoms with E-state index in [-0.39, 0.29) is 0 Å². The summed E-state index contributed by atoms with van der Waals surface area (Å²) in [5, 5.41) is 0. The zero-order chi connectivity index (χ0) is 11.5. The molecule has 2 heterocycles. The Bertz CT molecular complexity index is 322. The first-order chi connectivity index (χ1) is 7.66. The molecule has 0 spiro atoms. The molecular weight excluding hydrogens is 198 g/mol. The quantitative estimate of drug-likeness (QED) is 0.779. The van der Waals surface area contributed by atoms with E-state index in [1.54, 1.807) is 0 Å². The third-order valence-electron chi connectivity index (χ3n) is 3.77. The summed E-state index contributed by atoms with van der Waals surface area (Å²) in [5.41, 5.74) is 0. The van der Waals surface area contributed by atoms with Crippen molar-refractivity contribution in [1.82, 2.24) is 14.5 Å². The van der Waals surface area contributed by atoms with Crippen molar-refractivity contribution in [2.24, 2.45) is 13.0 Å². The van der Waals surface area contributed by atoms with E-state index in [1.807, 2.05) is 12.4 Å². The number of nitrogens with zero attached hydrogens (tertiary/aromatic N) is 3. The van der Waals surface area contributed by atoms with Crippen molar-refractivity contribution in [3.05, 3.63) is 18.2 Å². The lowest BCUT2D eigenvalue weighted by atomic mass is 9.92. The van der Waals surface area contributed by atoms with E-state index in [0.29, 0.717) is 6.04 Å². The van der Waals surface area contributed by atoms with Crippen molar-refractivity contribution >= 4 is 0 Å². The number of aryl methyl sites for hydroxylation is 1. The summed E-state index contributed by atoms with van der Waals surface area (Å²) in [4.78, 5) is 6.99. The molecule has 3 heteroatoms. The lowest BCUT2D eigenvalue weighted by molar-refractivity contribution is 0.148. The highest BCUT2D eigenvalue weighted by molar-refractivity contribution is 4.93. The van der Waals surface area contributed by atoms with Crippen molar-refractivity contribution in [3.63, 3.8) is 0 Å². The van der Waals surface area contributed by atoms with Crippen molar-refractivity contribution in [2.75, 3.05) is 13.1 Å². The lowest BCUT2D eigenvalue weighted by Crippen LogP contribution is -2.39. The third kappa shape index (κ3) is 2.64. The molecule has 2 rings (SSSR count). The summed E-state index contributed by atoms with van der Waals surface area (Å²) in [6.07, 6.45) is 7.74. The second-order valence-electron chi connectivity index (χ2n) is 5.23. The monoisotopic (exact) mass is 221 g/mol. The van der Waals surface area contributed by atoms with Gasteiger partial charge in [0.05, 0.1) is 0 Å². The van der Waals surface area contributed by atoms with Crippen LogP contribution in [0.25, 0.3) is 0 Å². The Morgan fingerprint density at radius 3 is 2.56 bits per heavy atom. The van der Waals surface area contributed by atoms with E-state index in [1.165, 1.54) is 31.8 Å². The van der Waals surface area contributed by atoms with Gasteiger partial charge in [-0.15, -0.1) is 0 Å². The molecule has 0 saturated carbocycles. The molecule has 1 aromatic rings. The fourth-order valence-corrected chi connectivity index (χ4v) is 2.52. The van der Waals surface area contributed by atoms with Crippen LogP contribution < -0.4 is 0 Å². The normalized spacial score (nSPS) is 19.5. The van der Waals surface area contributed by atoms with Crippen LogP contribution in [0, 0.1) is 5.92 Å². The van der Waals surface area contributed by atoms with Gasteiger partial charge in [0, 0.05) is 31.9 Å². The van der Waals surface area contributed by atoms with Crippen molar-refractivity contribution in [3.8, 4) is 0 Å². The SMILES string of the molecule is CC(C)N1CCC(Cc2nccn2C)CC1. The summed E-state index contributed by atoms with van der Waals surface area (Å²) < 4.78 is 2.15. The molecule has 0 aromatic carbocycles. The molecule has 0 unspecified atom stereocenters. The second-order valence-corrected chi connectivity index (χ2v) is 5.23. The number of hydrogen-bond donors (Lipinski definition) is 0. The van der Waals surface area contributed by atoms with E-state index in [0.717, 1.165) is 12.3 Å². The Kier molecular flexibility index (Phi) is 3.64. The predicted octanol–water partition coefficient (Wildman–Crippen LogP) is 2.08. The molecule has 1 aromatic heterocycles. The van der Waals surface area contributed by atoms with E-state index >= 15 is 0 Å². The van der Waals surface area contributed by atoms with Crippen LogP contribution in [0.3, 0.4) is 0 Å². The fraction of sp³-hybridized carbons (Fsp3) is 0.769. The molecule has 0 N–H and O–H groups in total. The van der Waals surface area contributed by atoms with Gasteiger partial charge in [-0.1, -0.05) is 0 Å². The first-order valence-corrected chi connectivity index (χ1v) is 6.37. The topological polar surface area (TPSA) is 21.1 Å². The summed E-state index contributed by atoms with van der Waals surface area (Å²) in [7, 11) is 2.09. The highest BCUT2D eigenvalue weighted by Gasteiger charge is 2.21. The summed E-state index contributed by atoms with van der Waals surface area (Å²) >= 11 is 0. The molecule has 1 fully saturated rings. The molecule has 1 aliphatic heterocycles. The van der Waals surface area contributed by atoms with Crippen LogP contribution in [0.15, 0.2) is 12.4 Å². The number of hydrogen-bond acceptors (Lipinski definition) is 2. The minimum Gasteiger partial charge on any atom is -0.338 e. The number of rotatable bonds is 3. The summed E-state index contributed by atoms with van der Waals surface area (Å²) in [5.74, 6) is 2.07. The Hall–Kier alpha value is -0.830. The Morgan fingerprint density at radius 2 is 2.06 bits per heavy atom. The van der Waals surface area contributed by atoms with Crippen molar-refractivity contribution in [2.45, 2.75) is 39.2 Å². The van der Waals surface area contributed by atoms with Crippen LogP contribution in [-0.2, 0) is 13.5 Å². The first kappa shape index (κ1) is 11.6. The summed E-state index contributed by atoms with van der Waals surface area (Å²) in [6.45, 7) is 7.09. The minimum absolute atomic E-state index is 0.703. The second kappa shape index (κ2) is 5.00. The average Bonchev–Trinajstić information content (AvgIpc) is 2.65. The number of piperidine rings is 1. The Labute approximate surface area is 98.5 Å². The van der Waals surface area contributed by atoms with Gasteiger partial charge in [0.2, 0.25) is 0 Å². The number of imidazole rings is 1. The lowest BCUT2D eigenvalue weighted by Gasteiger charge is -2.34. The average molecular weight is 221 g/mol. The van der Waals surface area contributed by atoms with Gasteiger partial charge in [0.15, 0.2) is 0 Å². The molecular formula is C13H23N3. The van der Waals surface area contributed by atoms with Crippen LogP contribution >= 0.6 is 0 Å². The van der Waals surface area contributed by atoms with Gasteiger partial charge < -0.3 is 9.47 Å². The molecule has 1 aliphatic rings. The molecule has 1 saturated heterocycles. The zero-order valence-electron chi connectivity index (χ0n) is 10.7. The van der Waals surface area contributed by atoms with Crippen LogP contribution in [0.1, 0.15) is 32.5 Å². The van der Waals surface area contributed by atoms with E-state index in [9.17, 15) is 0 Å². The van der Waals surface area contributed by atoms with Crippen LogP contribution in [0.5, 0.6) is 0 Å². The van der Waals surface area contributed by atoms with Gasteiger partial charge in [-0.3, -0.25) is 0 Å². The molecule has 3 nitrogen and oxygen atoms in total. The van der Waals surface area contributed by atoms with Gasteiger partial charge >= 0.3 is 0 Å². The van der Waals surface area contributed by atoms with Gasteiger partial charge in [-0.05, 0) is 45.7 Å². The Balaban J connectivity index is 1.84. The molecule has 0 radical (unpaired) electrons. The van der Waals surface area contributed by atoms with Gasteiger partial charge in [0.1, 0.15) is 5.82 Å².